The number of methoxy groups -OCH3 is 1. The van der Waals surface area contributed by atoms with E-state index in [0.717, 1.165) is 0 Å². The minimum Gasteiger partial charge on any atom is -0.453 e. The first-order valence-electron chi connectivity index (χ1n) is 7.75. The Labute approximate surface area is 140 Å². The van der Waals surface area contributed by atoms with Crippen molar-refractivity contribution in [3.63, 3.8) is 0 Å². The van der Waals surface area contributed by atoms with Crippen LogP contribution in [0.5, 0.6) is 0 Å². The average Bonchev–Trinajstić information content (AvgIpc) is 2.59. The van der Waals surface area contributed by atoms with E-state index >= 15 is 0 Å². The molecule has 0 aliphatic heterocycles. The summed E-state index contributed by atoms with van der Waals surface area (Å²) in [5.74, 6) is -0.00796. The van der Waals surface area contributed by atoms with E-state index in [1.165, 1.54) is 13.3 Å². The van der Waals surface area contributed by atoms with Crippen LogP contribution in [0.15, 0.2) is 27.6 Å². The van der Waals surface area contributed by atoms with Gasteiger partial charge in [-0.15, -0.1) is 0 Å². The zero-order chi connectivity index (χ0) is 18.1. The van der Waals surface area contributed by atoms with E-state index in [4.69, 9.17) is 4.42 Å². The number of ether oxygens (including phenoxy) is 1. The Kier molecular flexibility index (Phi) is 7.91. The number of aliphatic hydroxyl groups is 1. The smallest absolute Gasteiger partial charge is 0.410 e. The minimum absolute atomic E-state index is 0.0712. The normalized spacial score (nSPS) is 12.2. The van der Waals surface area contributed by atoms with Gasteiger partial charge in [0.25, 0.3) is 0 Å². The number of hydrogen-bond donors (Lipinski definition) is 2. The molecule has 1 aromatic rings. The van der Waals surface area contributed by atoms with Gasteiger partial charge in [0.2, 0.25) is 0 Å². The Balaban J connectivity index is 2.79. The Morgan fingerprint density at radius 2 is 2.17 bits per heavy atom. The number of allylic oxidation sites excluding steroid dienone is 1. The molecule has 1 aromatic heterocycles. The summed E-state index contributed by atoms with van der Waals surface area (Å²) in [6, 6.07) is 1.56. The highest BCUT2D eigenvalue weighted by Gasteiger charge is 2.19. The SMILES string of the molecule is CCC(=O)c1c(CO)cc(C(C)CC/C=C/NC(=O)OC)oc1=O. The van der Waals surface area contributed by atoms with Gasteiger partial charge in [-0.05, 0) is 24.5 Å². The first-order valence-corrected chi connectivity index (χ1v) is 7.75. The molecule has 0 aliphatic carbocycles. The van der Waals surface area contributed by atoms with E-state index in [9.17, 15) is 19.5 Å². The van der Waals surface area contributed by atoms with E-state index in [0.29, 0.717) is 24.2 Å². The van der Waals surface area contributed by atoms with Gasteiger partial charge in [-0.1, -0.05) is 19.9 Å². The standard InChI is InChI=1S/C17H23NO6/c1-4-13(20)15-12(10-19)9-14(24-16(15)21)11(2)7-5-6-8-18-17(22)23-3/h6,8-9,11,19H,4-5,7,10H2,1-3H3,(H,18,22)/b8-6+. The van der Waals surface area contributed by atoms with Crippen LogP contribution in [0.2, 0.25) is 0 Å². The third-order valence-electron chi connectivity index (χ3n) is 3.58. The van der Waals surface area contributed by atoms with E-state index in [2.05, 4.69) is 10.1 Å². The van der Waals surface area contributed by atoms with Crippen molar-refractivity contribution in [2.75, 3.05) is 7.11 Å². The summed E-state index contributed by atoms with van der Waals surface area (Å²) >= 11 is 0. The van der Waals surface area contributed by atoms with E-state index in [1.54, 1.807) is 19.1 Å². The molecule has 0 saturated heterocycles. The summed E-state index contributed by atoms with van der Waals surface area (Å²) in [5.41, 5.74) is -0.487. The number of aliphatic hydroxyl groups excluding tert-OH is 1. The molecule has 0 spiro atoms. The fraction of sp³-hybridized carbons (Fsp3) is 0.471. The highest BCUT2D eigenvalue weighted by atomic mass is 16.5. The molecular formula is C17H23NO6. The lowest BCUT2D eigenvalue weighted by molar-refractivity contribution is 0.0980. The van der Waals surface area contributed by atoms with Crippen LogP contribution < -0.4 is 10.9 Å². The lowest BCUT2D eigenvalue weighted by Gasteiger charge is -2.12. The van der Waals surface area contributed by atoms with Gasteiger partial charge in [-0.3, -0.25) is 10.1 Å². The number of amides is 1. The van der Waals surface area contributed by atoms with Crippen molar-refractivity contribution in [2.24, 2.45) is 0 Å². The van der Waals surface area contributed by atoms with Gasteiger partial charge in [0.05, 0.1) is 13.7 Å². The van der Waals surface area contributed by atoms with Crippen molar-refractivity contribution in [3.8, 4) is 0 Å². The quantitative estimate of drug-likeness (QED) is 0.706. The Hall–Kier alpha value is -2.41. The van der Waals surface area contributed by atoms with Crippen molar-refractivity contribution >= 4 is 11.9 Å². The fourth-order valence-corrected chi connectivity index (χ4v) is 2.16. The average molecular weight is 337 g/mol. The first kappa shape index (κ1) is 19.6. The Morgan fingerprint density at radius 1 is 1.46 bits per heavy atom. The predicted octanol–water partition coefficient (Wildman–Crippen LogP) is 2.48. The largest absolute Gasteiger partial charge is 0.453 e. The molecule has 132 valence electrons. The van der Waals surface area contributed by atoms with Crippen LogP contribution in [0, 0.1) is 0 Å². The molecule has 0 aromatic carbocycles. The van der Waals surface area contributed by atoms with Crippen LogP contribution in [0.25, 0.3) is 0 Å². The molecule has 1 rings (SSSR count). The van der Waals surface area contributed by atoms with Crippen molar-refractivity contribution in [3.05, 3.63) is 45.6 Å². The van der Waals surface area contributed by atoms with Crippen LogP contribution in [0.3, 0.4) is 0 Å². The zero-order valence-electron chi connectivity index (χ0n) is 14.1. The van der Waals surface area contributed by atoms with Gasteiger partial charge < -0.3 is 14.3 Å². The number of ketones is 1. The lowest BCUT2D eigenvalue weighted by Crippen LogP contribution is -2.18. The maximum atomic E-state index is 12.0. The van der Waals surface area contributed by atoms with Crippen LogP contribution in [0.4, 0.5) is 4.79 Å². The fourth-order valence-electron chi connectivity index (χ4n) is 2.16. The van der Waals surface area contributed by atoms with Crippen molar-refractivity contribution in [2.45, 2.75) is 45.6 Å². The second-order valence-corrected chi connectivity index (χ2v) is 5.29. The first-order chi connectivity index (χ1) is 11.4. The third kappa shape index (κ3) is 5.34. The molecule has 0 saturated carbocycles. The number of carbonyl (C=O) groups excluding carboxylic acids is 2. The highest BCUT2D eigenvalue weighted by Crippen LogP contribution is 2.22. The zero-order valence-corrected chi connectivity index (χ0v) is 14.1. The molecule has 24 heavy (non-hydrogen) atoms. The van der Waals surface area contributed by atoms with Gasteiger partial charge in [-0.25, -0.2) is 9.59 Å². The molecular weight excluding hydrogens is 314 g/mol. The highest BCUT2D eigenvalue weighted by molar-refractivity contribution is 5.96. The molecule has 0 radical (unpaired) electrons. The maximum Gasteiger partial charge on any atom is 0.410 e. The molecule has 1 heterocycles. The molecule has 7 heteroatoms. The summed E-state index contributed by atoms with van der Waals surface area (Å²) in [6.45, 7) is 3.13. The van der Waals surface area contributed by atoms with E-state index in [-0.39, 0.29) is 23.7 Å². The molecule has 7 nitrogen and oxygen atoms in total. The van der Waals surface area contributed by atoms with Crippen LogP contribution >= 0.6 is 0 Å². The molecule has 0 bridgehead atoms. The number of Topliss-reactive ketones (excluding diaryl/α,β-unsaturated/α-hetero) is 1. The summed E-state index contributed by atoms with van der Waals surface area (Å²) in [4.78, 5) is 34.7. The summed E-state index contributed by atoms with van der Waals surface area (Å²) in [5, 5.41) is 11.8. The van der Waals surface area contributed by atoms with Gasteiger partial charge in [-0.2, -0.15) is 0 Å². The monoisotopic (exact) mass is 337 g/mol. The molecule has 1 amide bonds. The molecule has 1 unspecified atom stereocenters. The van der Waals surface area contributed by atoms with Crippen LogP contribution in [-0.4, -0.2) is 24.1 Å². The second kappa shape index (κ2) is 9.67. The minimum atomic E-state index is -0.710. The molecule has 2 N–H and O–H groups in total. The van der Waals surface area contributed by atoms with Crippen molar-refractivity contribution in [1.82, 2.24) is 5.32 Å². The van der Waals surface area contributed by atoms with Gasteiger partial charge >= 0.3 is 11.7 Å². The molecule has 1 atom stereocenters. The molecule has 0 fully saturated rings. The number of rotatable bonds is 8. The Morgan fingerprint density at radius 3 is 2.75 bits per heavy atom. The third-order valence-corrected chi connectivity index (χ3v) is 3.58. The lowest BCUT2D eigenvalue weighted by atomic mass is 9.98. The van der Waals surface area contributed by atoms with E-state index < -0.39 is 18.3 Å². The molecule has 0 aliphatic rings. The van der Waals surface area contributed by atoms with Crippen LogP contribution in [-0.2, 0) is 11.3 Å². The topological polar surface area (TPSA) is 106 Å². The number of nitrogens with one attached hydrogen (secondary N) is 1. The number of hydrogen-bond acceptors (Lipinski definition) is 6. The maximum absolute atomic E-state index is 12.0. The van der Waals surface area contributed by atoms with Gasteiger partial charge in [0.15, 0.2) is 5.78 Å². The van der Waals surface area contributed by atoms with Crippen LogP contribution in [0.1, 0.15) is 60.7 Å². The van der Waals surface area contributed by atoms with Crippen molar-refractivity contribution in [1.29, 1.82) is 0 Å². The predicted molar refractivity (Wildman–Crippen MR) is 87.9 cm³/mol. The number of carbonyl (C=O) groups is 2. The summed E-state index contributed by atoms with van der Waals surface area (Å²) < 4.78 is 9.67. The number of alkyl carbamates (subject to hydrolysis) is 1. The van der Waals surface area contributed by atoms with E-state index in [1.807, 2.05) is 6.92 Å². The summed E-state index contributed by atoms with van der Waals surface area (Å²) in [7, 11) is 1.28. The van der Waals surface area contributed by atoms with Crippen molar-refractivity contribution < 1.29 is 23.8 Å². The second-order valence-electron chi connectivity index (χ2n) is 5.29. The Bertz CT molecular complexity index is 662. The summed E-state index contributed by atoms with van der Waals surface area (Å²) in [6.07, 6.45) is 4.16. The van der Waals surface area contributed by atoms with Gasteiger partial charge in [0.1, 0.15) is 11.3 Å². The van der Waals surface area contributed by atoms with Gasteiger partial charge in [0, 0.05) is 18.5 Å².